The Hall–Kier alpha value is -1.20. The monoisotopic (exact) mass is 358 g/mol. The van der Waals surface area contributed by atoms with E-state index in [1.54, 1.807) is 6.07 Å². The Balaban J connectivity index is 2.67. The zero-order valence-corrected chi connectivity index (χ0v) is 13.6. The molecular formula is C14H13BrClFN2O. The molecular weight excluding hydrogens is 347 g/mol. The van der Waals surface area contributed by atoms with Crippen LogP contribution in [0.25, 0.3) is 11.4 Å². The van der Waals surface area contributed by atoms with Crippen LogP contribution in [0.5, 0.6) is 0 Å². The maximum absolute atomic E-state index is 13.5. The van der Waals surface area contributed by atoms with Crippen LogP contribution in [0.3, 0.4) is 0 Å². The van der Waals surface area contributed by atoms with Crippen LogP contribution < -0.4 is 5.56 Å². The van der Waals surface area contributed by atoms with Gasteiger partial charge in [-0.2, -0.15) is 0 Å². The summed E-state index contributed by atoms with van der Waals surface area (Å²) >= 11 is 8.90. The maximum atomic E-state index is 13.5. The van der Waals surface area contributed by atoms with E-state index in [2.05, 4.69) is 25.9 Å². The Morgan fingerprint density at radius 3 is 2.55 bits per heavy atom. The molecule has 0 bridgehead atoms. The van der Waals surface area contributed by atoms with E-state index < -0.39 is 5.82 Å². The lowest BCUT2D eigenvalue weighted by Crippen LogP contribution is -2.22. The first-order valence-corrected chi connectivity index (χ1v) is 7.13. The molecule has 0 aliphatic heterocycles. The molecule has 1 N–H and O–H groups in total. The Labute approximate surface area is 129 Å². The number of H-pyrrole nitrogens is 1. The number of rotatable bonds is 1. The molecule has 0 saturated heterocycles. The highest BCUT2D eigenvalue weighted by Crippen LogP contribution is 2.28. The lowest BCUT2D eigenvalue weighted by Gasteiger charge is -2.19. The molecule has 106 valence electrons. The quantitative estimate of drug-likeness (QED) is 0.825. The largest absolute Gasteiger partial charge is 0.306 e. The fourth-order valence-electron chi connectivity index (χ4n) is 1.74. The van der Waals surface area contributed by atoms with Crippen molar-refractivity contribution >= 4 is 27.5 Å². The molecule has 0 unspecified atom stereocenters. The molecule has 3 nitrogen and oxygen atoms in total. The molecule has 0 aliphatic rings. The van der Waals surface area contributed by atoms with Gasteiger partial charge in [0.05, 0.1) is 10.7 Å². The molecule has 0 spiro atoms. The molecule has 2 aromatic rings. The van der Waals surface area contributed by atoms with Crippen LogP contribution >= 0.6 is 27.5 Å². The lowest BCUT2D eigenvalue weighted by molar-refractivity contribution is 0.562. The number of nitrogens with zero attached hydrogens (tertiary/aromatic N) is 1. The first-order valence-electron chi connectivity index (χ1n) is 5.96. The van der Waals surface area contributed by atoms with E-state index in [1.165, 1.54) is 12.1 Å². The Kier molecular flexibility index (Phi) is 4.02. The minimum Gasteiger partial charge on any atom is -0.306 e. The summed E-state index contributed by atoms with van der Waals surface area (Å²) in [6.07, 6.45) is 0. The van der Waals surface area contributed by atoms with Crippen LogP contribution in [0.15, 0.2) is 27.5 Å². The van der Waals surface area contributed by atoms with Gasteiger partial charge in [-0.25, -0.2) is 9.37 Å². The van der Waals surface area contributed by atoms with E-state index in [4.69, 9.17) is 11.6 Å². The van der Waals surface area contributed by atoms with E-state index in [-0.39, 0.29) is 16.0 Å². The average molecular weight is 360 g/mol. The Morgan fingerprint density at radius 2 is 2.00 bits per heavy atom. The number of aromatic nitrogens is 2. The number of hydrogen-bond acceptors (Lipinski definition) is 2. The molecule has 0 atom stereocenters. The predicted molar refractivity (Wildman–Crippen MR) is 81.7 cm³/mol. The molecule has 1 aromatic carbocycles. The summed E-state index contributed by atoms with van der Waals surface area (Å²) in [5.41, 5.74) is 0.483. The van der Waals surface area contributed by atoms with E-state index in [0.717, 1.165) is 0 Å². The minimum atomic E-state index is -0.549. The van der Waals surface area contributed by atoms with Gasteiger partial charge in [0, 0.05) is 11.0 Å². The third-order valence-corrected chi connectivity index (χ3v) is 3.81. The number of benzene rings is 1. The van der Waals surface area contributed by atoms with Crippen molar-refractivity contribution in [2.75, 3.05) is 0 Å². The van der Waals surface area contributed by atoms with Gasteiger partial charge in [-0.05, 0) is 34.1 Å². The van der Waals surface area contributed by atoms with Gasteiger partial charge in [-0.15, -0.1) is 0 Å². The topological polar surface area (TPSA) is 45.8 Å². The molecule has 20 heavy (non-hydrogen) atoms. The van der Waals surface area contributed by atoms with Crippen molar-refractivity contribution in [1.29, 1.82) is 0 Å². The minimum absolute atomic E-state index is 0.0317. The second-order valence-corrected chi connectivity index (χ2v) is 6.66. The summed E-state index contributed by atoms with van der Waals surface area (Å²) in [6.45, 7) is 5.85. The summed E-state index contributed by atoms with van der Waals surface area (Å²) in [5.74, 6) is -0.231. The number of hydrogen-bond donors (Lipinski definition) is 1. The number of nitrogens with one attached hydrogen (secondary N) is 1. The normalized spacial score (nSPS) is 11.7. The standard InChI is InChI=1S/C14H13BrClFN2O/c1-14(2,3)11-10(15)13(20)19-12(18-11)7-4-5-8(16)9(17)6-7/h4-6H,1-3H3,(H,18,19,20). The van der Waals surface area contributed by atoms with Crippen LogP contribution in [0.4, 0.5) is 4.39 Å². The second-order valence-electron chi connectivity index (χ2n) is 5.46. The van der Waals surface area contributed by atoms with Crippen molar-refractivity contribution in [2.45, 2.75) is 26.2 Å². The molecule has 0 radical (unpaired) electrons. The highest BCUT2D eigenvalue weighted by atomic mass is 79.9. The number of aromatic amines is 1. The molecule has 1 aromatic heterocycles. The van der Waals surface area contributed by atoms with E-state index in [1.807, 2.05) is 20.8 Å². The second kappa shape index (κ2) is 5.30. The van der Waals surface area contributed by atoms with Gasteiger partial charge in [0.2, 0.25) is 0 Å². The molecule has 1 heterocycles. The molecule has 0 fully saturated rings. The first-order chi connectivity index (χ1) is 9.20. The fraction of sp³-hybridized carbons (Fsp3) is 0.286. The van der Waals surface area contributed by atoms with Crippen molar-refractivity contribution < 1.29 is 4.39 Å². The predicted octanol–water partition coefficient (Wildman–Crippen LogP) is 4.29. The summed E-state index contributed by atoms with van der Waals surface area (Å²) in [5, 5.41) is 0.0317. The smallest absolute Gasteiger partial charge is 0.265 e. The third-order valence-electron chi connectivity index (χ3n) is 2.77. The Morgan fingerprint density at radius 1 is 1.35 bits per heavy atom. The van der Waals surface area contributed by atoms with Crippen LogP contribution in [0.2, 0.25) is 5.02 Å². The van der Waals surface area contributed by atoms with Gasteiger partial charge in [0.15, 0.2) is 0 Å². The van der Waals surface area contributed by atoms with E-state index in [9.17, 15) is 9.18 Å². The number of halogens is 3. The van der Waals surface area contributed by atoms with E-state index >= 15 is 0 Å². The van der Waals surface area contributed by atoms with Crippen LogP contribution in [0.1, 0.15) is 26.5 Å². The van der Waals surface area contributed by atoms with Crippen LogP contribution in [-0.2, 0) is 5.41 Å². The van der Waals surface area contributed by atoms with Gasteiger partial charge in [-0.3, -0.25) is 4.79 Å². The summed E-state index contributed by atoms with van der Waals surface area (Å²) in [7, 11) is 0. The van der Waals surface area contributed by atoms with Gasteiger partial charge in [-0.1, -0.05) is 32.4 Å². The van der Waals surface area contributed by atoms with Crippen LogP contribution in [-0.4, -0.2) is 9.97 Å². The fourth-order valence-corrected chi connectivity index (χ4v) is 2.64. The first kappa shape index (κ1) is 15.2. The zero-order valence-electron chi connectivity index (χ0n) is 11.2. The summed E-state index contributed by atoms with van der Waals surface area (Å²) < 4.78 is 13.9. The van der Waals surface area contributed by atoms with Gasteiger partial charge in [0.25, 0.3) is 5.56 Å². The average Bonchev–Trinajstić information content (AvgIpc) is 2.34. The van der Waals surface area contributed by atoms with Gasteiger partial charge >= 0.3 is 0 Å². The summed E-state index contributed by atoms with van der Waals surface area (Å²) in [4.78, 5) is 19.0. The van der Waals surface area contributed by atoms with Gasteiger partial charge < -0.3 is 4.98 Å². The maximum Gasteiger partial charge on any atom is 0.265 e. The highest BCUT2D eigenvalue weighted by Gasteiger charge is 2.22. The molecule has 0 saturated carbocycles. The lowest BCUT2D eigenvalue weighted by atomic mass is 9.92. The highest BCUT2D eigenvalue weighted by molar-refractivity contribution is 9.10. The van der Waals surface area contributed by atoms with Gasteiger partial charge in [0.1, 0.15) is 16.1 Å². The SMILES string of the molecule is CC(C)(C)c1nc(-c2ccc(Cl)c(F)c2)[nH]c(=O)c1Br. The Bertz CT molecular complexity index is 722. The van der Waals surface area contributed by atoms with E-state index in [0.29, 0.717) is 21.6 Å². The van der Waals surface area contributed by atoms with Crippen molar-refractivity contribution in [2.24, 2.45) is 0 Å². The molecule has 0 aliphatic carbocycles. The van der Waals surface area contributed by atoms with Crippen LogP contribution in [0, 0.1) is 5.82 Å². The van der Waals surface area contributed by atoms with Crippen molar-refractivity contribution in [1.82, 2.24) is 9.97 Å². The molecule has 2 rings (SSSR count). The van der Waals surface area contributed by atoms with Crippen molar-refractivity contribution in [3.63, 3.8) is 0 Å². The summed E-state index contributed by atoms with van der Waals surface area (Å²) in [6, 6.07) is 4.30. The molecule has 6 heteroatoms. The van der Waals surface area contributed by atoms with Crippen molar-refractivity contribution in [3.8, 4) is 11.4 Å². The zero-order chi connectivity index (χ0) is 15.1. The molecule has 0 amide bonds. The third kappa shape index (κ3) is 2.94. The van der Waals surface area contributed by atoms with Crippen molar-refractivity contribution in [3.05, 3.63) is 49.6 Å².